The van der Waals surface area contributed by atoms with Crippen LogP contribution in [-0.4, -0.2) is 28.3 Å². The molecule has 4 heteroatoms. The van der Waals surface area contributed by atoms with Crippen LogP contribution in [0, 0.1) is 0 Å². The molecule has 0 aromatic carbocycles. The molecule has 0 amide bonds. The predicted octanol–water partition coefficient (Wildman–Crippen LogP) is 1.43. The third kappa shape index (κ3) is 2.74. The molecule has 0 fully saturated rings. The Morgan fingerprint density at radius 1 is 1.69 bits per heavy atom. The Morgan fingerprint density at radius 2 is 2.46 bits per heavy atom. The van der Waals surface area contributed by atoms with E-state index in [-0.39, 0.29) is 0 Å². The molecule has 0 aliphatic rings. The minimum Gasteiger partial charge on any atom is -0.311 e. The maximum Gasteiger partial charge on any atom is 0.0581 e. The van der Waals surface area contributed by atoms with Crippen LogP contribution in [0.5, 0.6) is 0 Å². The molecule has 1 atom stereocenters. The summed E-state index contributed by atoms with van der Waals surface area (Å²) in [5, 5.41) is 7.46. The second kappa shape index (κ2) is 5.29. The highest BCUT2D eigenvalue weighted by Crippen LogP contribution is 2.16. The fourth-order valence-electron chi connectivity index (χ4n) is 1.28. The van der Waals surface area contributed by atoms with Gasteiger partial charge in [0.25, 0.3) is 0 Å². The van der Waals surface area contributed by atoms with E-state index in [0.717, 1.165) is 11.5 Å². The molecule has 13 heavy (non-hydrogen) atoms. The summed E-state index contributed by atoms with van der Waals surface area (Å²) in [4.78, 5) is 0. The van der Waals surface area contributed by atoms with Gasteiger partial charge in [0.2, 0.25) is 0 Å². The number of nitrogens with one attached hydrogen (secondary N) is 1. The van der Waals surface area contributed by atoms with Crippen LogP contribution < -0.4 is 5.32 Å². The van der Waals surface area contributed by atoms with Crippen LogP contribution in [0.3, 0.4) is 0 Å². The maximum atomic E-state index is 4.16. The van der Waals surface area contributed by atoms with Gasteiger partial charge in [-0.3, -0.25) is 4.68 Å². The Balaban J connectivity index is 2.61. The molecule has 1 N–H and O–H groups in total. The average molecular weight is 199 g/mol. The predicted molar refractivity (Wildman–Crippen MR) is 58.0 cm³/mol. The van der Waals surface area contributed by atoms with E-state index in [1.165, 1.54) is 5.69 Å². The van der Waals surface area contributed by atoms with Gasteiger partial charge in [-0.1, -0.05) is 6.92 Å². The van der Waals surface area contributed by atoms with E-state index in [1.54, 1.807) is 0 Å². The summed E-state index contributed by atoms with van der Waals surface area (Å²) in [6.07, 6.45) is 1.84. The van der Waals surface area contributed by atoms with Gasteiger partial charge in [0.05, 0.1) is 11.7 Å². The van der Waals surface area contributed by atoms with Gasteiger partial charge in [0.1, 0.15) is 0 Å². The SMILES string of the molecule is CCSCC(NC)c1ccnn1C. The van der Waals surface area contributed by atoms with E-state index in [9.17, 15) is 0 Å². The average Bonchev–Trinajstić information content (AvgIpc) is 2.54. The standard InChI is InChI=1S/C9H17N3S/c1-4-13-7-8(10-2)9-5-6-11-12(9)3/h5-6,8,10H,4,7H2,1-3H3. The van der Waals surface area contributed by atoms with Crippen molar-refractivity contribution in [1.29, 1.82) is 0 Å². The Labute approximate surface area is 83.9 Å². The summed E-state index contributed by atoms with van der Waals surface area (Å²) in [7, 11) is 3.98. The van der Waals surface area contributed by atoms with E-state index in [1.807, 2.05) is 36.7 Å². The van der Waals surface area contributed by atoms with E-state index < -0.39 is 0 Å². The van der Waals surface area contributed by atoms with Gasteiger partial charge in [0.15, 0.2) is 0 Å². The van der Waals surface area contributed by atoms with Crippen molar-refractivity contribution in [2.24, 2.45) is 7.05 Å². The second-order valence-electron chi connectivity index (χ2n) is 2.88. The molecule has 0 spiro atoms. The van der Waals surface area contributed by atoms with E-state index >= 15 is 0 Å². The molecule has 1 heterocycles. The lowest BCUT2D eigenvalue weighted by atomic mass is 10.2. The summed E-state index contributed by atoms with van der Waals surface area (Å²) in [6.45, 7) is 2.18. The number of nitrogens with zero attached hydrogens (tertiary/aromatic N) is 2. The zero-order valence-electron chi connectivity index (χ0n) is 8.45. The molecule has 3 nitrogen and oxygen atoms in total. The lowest BCUT2D eigenvalue weighted by molar-refractivity contribution is 0.586. The van der Waals surface area contributed by atoms with Gasteiger partial charge in [-0.2, -0.15) is 16.9 Å². The van der Waals surface area contributed by atoms with Crippen molar-refractivity contribution in [3.8, 4) is 0 Å². The molecule has 1 unspecified atom stereocenters. The van der Waals surface area contributed by atoms with Crippen molar-refractivity contribution in [3.63, 3.8) is 0 Å². The van der Waals surface area contributed by atoms with Gasteiger partial charge in [-0.15, -0.1) is 0 Å². The minimum absolute atomic E-state index is 0.414. The van der Waals surface area contributed by atoms with Gasteiger partial charge in [-0.25, -0.2) is 0 Å². The van der Waals surface area contributed by atoms with Crippen molar-refractivity contribution in [2.45, 2.75) is 13.0 Å². The highest BCUT2D eigenvalue weighted by molar-refractivity contribution is 7.99. The second-order valence-corrected chi connectivity index (χ2v) is 4.20. The number of hydrogen-bond donors (Lipinski definition) is 1. The number of aromatic nitrogens is 2. The molecule has 0 bridgehead atoms. The van der Waals surface area contributed by atoms with Crippen LogP contribution in [0.2, 0.25) is 0 Å². The molecule has 1 aromatic rings. The molecule has 0 saturated heterocycles. The van der Waals surface area contributed by atoms with Crippen molar-refractivity contribution in [2.75, 3.05) is 18.6 Å². The van der Waals surface area contributed by atoms with Crippen molar-refractivity contribution >= 4 is 11.8 Å². The maximum absolute atomic E-state index is 4.16. The zero-order chi connectivity index (χ0) is 9.68. The molecule has 1 rings (SSSR count). The van der Waals surface area contributed by atoms with Crippen LogP contribution >= 0.6 is 11.8 Å². The largest absolute Gasteiger partial charge is 0.311 e. The Kier molecular flexibility index (Phi) is 4.32. The van der Waals surface area contributed by atoms with Crippen LogP contribution in [0.15, 0.2) is 12.3 Å². The lowest BCUT2D eigenvalue weighted by Crippen LogP contribution is -2.21. The first-order valence-corrected chi connectivity index (χ1v) is 5.68. The monoisotopic (exact) mass is 199 g/mol. The van der Waals surface area contributed by atoms with Gasteiger partial charge in [0, 0.05) is 19.0 Å². The van der Waals surface area contributed by atoms with Gasteiger partial charge < -0.3 is 5.32 Å². The normalized spacial score (nSPS) is 13.2. The third-order valence-corrected chi connectivity index (χ3v) is 3.03. The first-order chi connectivity index (χ1) is 6.29. The number of hydrogen-bond acceptors (Lipinski definition) is 3. The van der Waals surface area contributed by atoms with E-state index in [2.05, 4.69) is 23.4 Å². The van der Waals surface area contributed by atoms with Crippen molar-refractivity contribution in [1.82, 2.24) is 15.1 Å². The van der Waals surface area contributed by atoms with E-state index in [4.69, 9.17) is 0 Å². The first kappa shape index (κ1) is 10.6. The summed E-state index contributed by atoms with van der Waals surface area (Å²) in [6, 6.07) is 2.48. The number of rotatable bonds is 5. The number of thioether (sulfide) groups is 1. The smallest absolute Gasteiger partial charge is 0.0581 e. The topological polar surface area (TPSA) is 29.9 Å². The van der Waals surface area contributed by atoms with Crippen LogP contribution in [0.1, 0.15) is 18.7 Å². The van der Waals surface area contributed by atoms with E-state index in [0.29, 0.717) is 6.04 Å². The summed E-state index contributed by atoms with van der Waals surface area (Å²) >= 11 is 1.94. The summed E-state index contributed by atoms with van der Waals surface area (Å²) < 4.78 is 1.93. The molecule has 0 saturated carbocycles. The van der Waals surface area contributed by atoms with Crippen molar-refractivity contribution < 1.29 is 0 Å². The molecule has 1 aromatic heterocycles. The fourth-order valence-corrected chi connectivity index (χ4v) is 2.09. The molecule has 0 aliphatic heterocycles. The number of aryl methyl sites for hydroxylation is 1. The molecule has 0 aliphatic carbocycles. The Bertz CT molecular complexity index is 247. The van der Waals surface area contributed by atoms with Gasteiger partial charge in [-0.05, 0) is 18.9 Å². The van der Waals surface area contributed by atoms with Gasteiger partial charge >= 0.3 is 0 Å². The molecule has 0 radical (unpaired) electrons. The van der Waals surface area contributed by atoms with Crippen LogP contribution in [0.25, 0.3) is 0 Å². The molecular formula is C9H17N3S. The first-order valence-electron chi connectivity index (χ1n) is 4.52. The highest BCUT2D eigenvalue weighted by Gasteiger charge is 2.11. The Morgan fingerprint density at radius 3 is 2.92 bits per heavy atom. The third-order valence-electron chi connectivity index (χ3n) is 2.05. The lowest BCUT2D eigenvalue weighted by Gasteiger charge is -2.15. The Hall–Kier alpha value is -0.480. The van der Waals surface area contributed by atoms with Crippen LogP contribution in [-0.2, 0) is 7.05 Å². The van der Waals surface area contributed by atoms with Crippen molar-refractivity contribution in [3.05, 3.63) is 18.0 Å². The minimum atomic E-state index is 0.414. The molecule has 74 valence electrons. The fraction of sp³-hybridized carbons (Fsp3) is 0.667. The summed E-state index contributed by atoms with van der Waals surface area (Å²) in [5.74, 6) is 2.27. The van der Waals surface area contributed by atoms with Crippen LogP contribution in [0.4, 0.5) is 0 Å². The zero-order valence-corrected chi connectivity index (χ0v) is 9.27. The quantitative estimate of drug-likeness (QED) is 0.778. The highest BCUT2D eigenvalue weighted by atomic mass is 32.2. The molecular weight excluding hydrogens is 182 g/mol. The summed E-state index contributed by atoms with van der Waals surface area (Å²) in [5.41, 5.74) is 1.25.